The molecule has 0 bridgehead atoms. The van der Waals surface area contributed by atoms with Crippen LogP contribution in [0.15, 0.2) is 30.3 Å². The number of rotatable bonds is 6. The molecule has 3 rings (SSSR count). The van der Waals surface area contributed by atoms with E-state index in [1.54, 1.807) is 0 Å². The van der Waals surface area contributed by atoms with Crippen LogP contribution in [-0.2, 0) is 0 Å². The molecule has 0 aliphatic carbocycles. The monoisotopic (exact) mass is 446 g/mol. The first kappa shape index (κ1) is 20.8. The van der Waals surface area contributed by atoms with Crippen molar-refractivity contribution in [1.29, 1.82) is 0 Å². The number of carbonyl (C=O) groups is 1. The number of hydrogen-bond donors (Lipinski definition) is 0. The van der Waals surface area contributed by atoms with E-state index >= 15 is 0 Å². The minimum atomic E-state index is 0. The fourth-order valence-corrected chi connectivity index (χ4v) is 3.62. The third-order valence-corrected chi connectivity index (χ3v) is 4.78. The largest absolute Gasteiger partial charge is 0.303 e. The first-order chi connectivity index (χ1) is 10.3. The summed E-state index contributed by atoms with van der Waals surface area (Å²) >= 11 is 0. The summed E-state index contributed by atoms with van der Waals surface area (Å²) in [4.78, 5) is 17.8. The highest BCUT2D eigenvalue weighted by Gasteiger charge is 2.27. The van der Waals surface area contributed by atoms with Gasteiger partial charge in [0.1, 0.15) is 0 Å². The summed E-state index contributed by atoms with van der Waals surface area (Å²) < 4.78 is 0. The van der Waals surface area contributed by atoms with E-state index in [1.807, 2.05) is 30.3 Å². The first-order valence-corrected chi connectivity index (χ1v) is 8.37. The molecule has 0 saturated carbocycles. The van der Waals surface area contributed by atoms with E-state index in [2.05, 4.69) is 9.80 Å². The summed E-state index contributed by atoms with van der Waals surface area (Å²) in [6.45, 7) is 6.53. The van der Waals surface area contributed by atoms with Crippen LogP contribution in [0.25, 0.3) is 0 Å². The maximum atomic E-state index is 12.9. The second-order valence-corrected chi connectivity index (χ2v) is 6.44. The van der Waals surface area contributed by atoms with E-state index in [-0.39, 0.29) is 39.9 Å². The van der Waals surface area contributed by atoms with Crippen LogP contribution in [0.4, 0.5) is 0 Å². The van der Waals surface area contributed by atoms with Gasteiger partial charge in [-0.1, -0.05) is 30.3 Å². The number of Topliss-reactive ketones (excluding diaryl/α,β-unsaturated/α-hetero) is 1. The Labute approximate surface area is 161 Å². The van der Waals surface area contributed by atoms with Crippen molar-refractivity contribution < 1.29 is 4.79 Å². The Morgan fingerprint density at radius 3 is 1.70 bits per heavy atom. The van der Waals surface area contributed by atoms with Crippen LogP contribution < -0.4 is 0 Å². The molecule has 2 heterocycles. The summed E-state index contributed by atoms with van der Waals surface area (Å²) in [5.74, 6) is 0.456. The number of ketones is 1. The number of benzene rings is 1. The molecule has 0 aromatic heterocycles. The van der Waals surface area contributed by atoms with Gasteiger partial charge in [-0.3, -0.25) is 4.79 Å². The minimum absolute atomic E-state index is 0. The Kier molecular flexibility index (Phi) is 9.59. The number of hydrogen-bond acceptors (Lipinski definition) is 3. The summed E-state index contributed by atoms with van der Waals surface area (Å²) in [6, 6.07) is 9.84. The molecule has 23 heavy (non-hydrogen) atoms. The SMILES string of the molecule is Br.Br.O=C(c1ccccc1)C(CN1CCCC1)CN1CCCC1. The van der Waals surface area contributed by atoms with Gasteiger partial charge in [0.2, 0.25) is 0 Å². The number of carbonyl (C=O) groups excluding carboxylic acids is 1. The van der Waals surface area contributed by atoms with Crippen molar-refractivity contribution in [2.24, 2.45) is 5.92 Å². The maximum Gasteiger partial charge on any atom is 0.168 e. The van der Waals surface area contributed by atoms with Gasteiger partial charge in [-0.15, -0.1) is 34.0 Å². The van der Waals surface area contributed by atoms with E-state index in [0.717, 1.165) is 18.7 Å². The lowest BCUT2D eigenvalue weighted by Gasteiger charge is -2.26. The highest BCUT2D eigenvalue weighted by Crippen LogP contribution is 2.18. The van der Waals surface area contributed by atoms with Crippen molar-refractivity contribution in [2.75, 3.05) is 39.3 Å². The van der Waals surface area contributed by atoms with Gasteiger partial charge in [-0.2, -0.15) is 0 Å². The van der Waals surface area contributed by atoms with Gasteiger partial charge >= 0.3 is 0 Å². The molecule has 5 heteroatoms. The third kappa shape index (κ3) is 5.96. The molecule has 3 nitrogen and oxygen atoms in total. The van der Waals surface area contributed by atoms with E-state index in [1.165, 1.54) is 51.9 Å². The Hall–Kier alpha value is -0.230. The Bertz CT molecular complexity index is 439. The van der Waals surface area contributed by atoms with E-state index < -0.39 is 0 Å². The molecule has 130 valence electrons. The molecule has 0 atom stereocenters. The fourth-order valence-electron chi connectivity index (χ4n) is 3.62. The first-order valence-electron chi connectivity index (χ1n) is 8.37. The highest BCUT2D eigenvalue weighted by molar-refractivity contribution is 8.93. The van der Waals surface area contributed by atoms with Gasteiger partial charge in [-0.05, 0) is 51.9 Å². The molecular weight excluding hydrogens is 420 g/mol. The number of likely N-dealkylation sites (tertiary alicyclic amines) is 2. The third-order valence-electron chi connectivity index (χ3n) is 4.78. The lowest BCUT2D eigenvalue weighted by atomic mass is 9.96. The van der Waals surface area contributed by atoms with Crippen LogP contribution in [0.2, 0.25) is 0 Å². The minimum Gasteiger partial charge on any atom is -0.303 e. The lowest BCUT2D eigenvalue weighted by molar-refractivity contribution is 0.0851. The van der Waals surface area contributed by atoms with Crippen LogP contribution in [-0.4, -0.2) is 54.9 Å². The van der Waals surface area contributed by atoms with Crippen LogP contribution in [0, 0.1) is 5.92 Å². The molecule has 0 amide bonds. The summed E-state index contributed by atoms with van der Waals surface area (Å²) in [6.07, 6.45) is 5.15. The van der Waals surface area contributed by atoms with Gasteiger partial charge < -0.3 is 9.80 Å². The topological polar surface area (TPSA) is 23.6 Å². The zero-order chi connectivity index (χ0) is 14.5. The fraction of sp³-hybridized carbons (Fsp3) is 0.611. The molecule has 2 aliphatic rings. The molecule has 2 fully saturated rings. The predicted octanol–water partition coefficient (Wildman–Crippen LogP) is 3.83. The van der Waals surface area contributed by atoms with Crippen molar-refractivity contribution in [3.05, 3.63) is 35.9 Å². The molecule has 1 aromatic carbocycles. The van der Waals surface area contributed by atoms with Crippen LogP contribution in [0.5, 0.6) is 0 Å². The van der Waals surface area contributed by atoms with E-state index in [9.17, 15) is 4.79 Å². The Morgan fingerprint density at radius 2 is 1.26 bits per heavy atom. The van der Waals surface area contributed by atoms with Gasteiger partial charge in [0, 0.05) is 24.6 Å². The quantitative estimate of drug-likeness (QED) is 0.619. The lowest BCUT2D eigenvalue weighted by Crippen LogP contribution is -2.39. The standard InChI is InChI=1S/C18H26N2O.2BrH/c21-18(16-8-2-1-3-9-16)17(14-19-10-4-5-11-19)15-20-12-6-7-13-20;;/h1-3,8-9,17H,4-7,10-15H2;2*1H. The Balaban J connectivity index is 0.00000132. The maximum absolute atomic E-state index is 12.9. The second-order valence-electron chi connectivity index (χ2n) is 6.44. The van der Waals surface area contributed by atoms with Crippen molar-refractivity contribution in [1.82, 2.24) is 9.80 Å². The van der Waals surface area contributed by atoms with Gasteiger partial charge in [0.15, 0.2) is 5.78 Å². The number of halogens is 2. The molecule has 1 aromatic rings. The zero-order valence-corrected chi connectivity index (χ0v) is 17.1. The normalized spacial score (nSPS) is 18.7. The highest BCUT2D eigenvalue weighted by atomic mass is 79.9. The molecule has 0 spiro atoms. The summed E-state index contributed by atoms with van der Waals surface area (Å²) in [5, 5.41) is 0. The van der Waals surface area contributed by atoms with Crippen molar-refractivity contribution >= 4 is 39.7 Å². The average molecular weight is 448 g/mol. The van der Waals surface area contributed by atoms with Crippen LogP contribution >= 0.6 is 34.0 Å². The molecule has 2 saturated heterocycles. The molecule has 0 unspecified atom stereocenters. The molecule has 2 aliphatic heterocycles. The van der Waals surface area contributed by atoms with Crippen LogP contribution in [0.1, 0.15) is 36.0 Å². The zero-order valence-electron chi connectivity index (χ0n) is 13.7. The van der Waals surface area contributed by atoms with E-state index in [0.29, 0.717) is 5.78 Å². The second kappa shape index (κ2) is 10.6. The summed E-state index contributed by atoms with van der Waals surface area (Å²) in [5.41, 5.74) is 0.876. The summed E-state index contributed by atoms with van der Waals surface area (Å²) in [7, 11) is 0. The van der Waals surface area contributed by atoms with Gasteiger partial charge in [0.05, 0.1) is 0 Å². The average Bonchev–Trinajstić information content (AvgIpc) is 3.20. The van der Waals surface area contributed by atoms with E-state index in [4.69, 9.17) is 0 Å². The van der Waals surface area contributed by atoms with Gasteiger partial charge in [0.25, 0.3) is 0 Å². The van der Waals surface area contributed by atoms with Gasteiger partial charge in [-0.25, -0.2) is 0 Å². The smallest absolute Gasteiger partial charge is 0.168 e. The van der Waals surface area contributed by atoms with Crippen LogP contribution in [0.3, 0.4) is 0 Å². The predicted molar refractivity (Wildman–Crippen MR) is 106 cm³/mol. The number of nitrogens with zero attached hydrogens (tertiary/aromatic N) is 2. The molecule has 0 N–H and O–H groups in total. The van der Waals surface area contributed by atoms with Crippen molar-refractivity contribution in [3.8, 4) is 0 Å². The van der Waals surface area contributed by atoms with Crippen molar-refractivity contribution in [3.63, 3.8) is 0 Å². The Morgan fingerprint density at radius 1 is 0.826 bits per heavy atom. The molecular formula is C18H28Br2N2O. The van der Waals surface area contributed by atoms with Crippen molar-refractivity contribution in [2.45, 2.75) is 25.7 Å². The molecule has 0 radical (unpaired) electrons.